The predicted molar refractivity (Wildman–Crippen MR) is 87.3 cm³/mol. The van der Waals surface area contributed by atoms with E-state index in [4.69, 9.17) is 28.3 Å². The number of carbonyl (C=O) groups is 2. The molecule has 0 radical (unpaired) electrons. The first-order chi connectivity index (χ1) is 9.60. The van der Waals surface area contributed by atoms with E-state index in [1.165, 1.54) is 0 Å². The van der Waals surface area contributed by atoms with Gasteiger partial charge < -0.3 is 15.7 Å². The molecule has 5 nitrogen and oxygen atoms in total. The topological polar surface area (TPSA) is 78.4 Å². The van der Waals surface area contributed by atoms with Crippen molar-refractivity contribution in [2.24, 2.45) is 0 Å². The molecule has 0 saturated carbocycles. The molecule has 0 spiro atoms. The van der Waals surface area contributed by atoms with E-state index in [0.29, 0.717) is 26.6 Å². The van der Waals surface area contributed by atoms with Crippen molar-refractivity contribution in [3.63, 3.8) is 0 Å². The first-order valence-corrected chi connectivity index (χ1v) is 7.61. The highest BCUT2D eigenvalue weighted by Crippen LogP contribution is 2.33. The number of anilines is 1. The molecule has 21 heavy (non-hydrogen) atoms. The number of carboxylic acid groups (broad SMARTS) is 1. The molecular weight excluding hydrogens is 383 g/mol. The number of hydrogen-bond donors (Lipinski definition) is 3. The Morgan fingerprint density at radius 3 is 2.29 bits per heavy atom. The van der Waals surface area contributed by atoms with Gasteiger partial charge in [0.25, 0.3) is 0 Å². The van der Waals surface area contributed by atoms with Gasteiger partial charge in [0, 0.05) is 16.4 Å². The minimum atomic E-state index is -0.913. The van der Waals surface area contributed by atoms with Crippen LogP contribution in [0.1, 0.15) is 26.7 Å². The molecule has 0 bridgehead atoms. The van der Waals surface area contributed by atoms with Gasteiger partial charge in [-0.15, -0.1) is 0 Å². The number of carboxylic acids is 1. The van der Waals surface area contributed by atoms with Crippen LogP contribution in [0.3, 0.4) is 0 Å². The Bertz CT molecular complexity index is 541. The molecule has 1 aromatic rings. The third kappa shape index (κ3) is 6.11. The van der Waals surface area contributed by atoms with Crippen molar-refractivity contribution in [3.05, 3.63) is 26.7 Å². The Morgan fingerprint density at radius 1 is 1.29 bits per heavy atom. The van der Waals surface area contributed by atoms with Gasteiger partial charge in [-0.25, -0.2) is 4.79 Å². The minimum Gasteiger partial charge on any atom is -0.481 e. The number of hydrogen-bond acceptors (Lipinski definition) is 2. The van der Waals surface area contributed by atoms with Crippen molar-refractivity contribution in [2.45, 2.75) is 32.2 Å². The van der Waals surface area contributed by atoms with Gasteiger partial charge >= 0.3 is 12.0 Å². The molecule has 0 unspecified atom stereocenters. The zero-order valence-electron chi connectivity index (χ0n) is 11.5. The smallest absolute Gasteiger partial charge is 0.319 e. The number of rotatable bonds is 5. The van der Waals surface area contributed by atoms with Crippen LogP contribution in [0.5, 0.6) is 0 Å². The number of amides is 2. The largest absolute Gasteiger partial charge is 0.481 e. The molecule has 0 saturated heterocycles. The summed E-state index contributed by atoms with van der Waals surface area (Å²) in [5.41, 5.74) is -0.371. The van der Waals surface area contributed by atoms with Crippen molar-refractivity contribution < 1.29 is 14.7 Å². The Labute approximate surface area is 141 Å². The maximum absolute atomic E-state index is 12.0. The normalized spacial score (nSPS) is 11.1. The van der Waals surface area contributed by atoms with Crippen LogP contribution in [0, 0.1) is 0 Å². The quantitative estimate of drug-likeness (QED) is 0.683. The van der Waals surface area contributed by atoms with E-state index in [-0.39, 0.29) is 6.42 Å². The molecule has 1 aromatic carbocycles. The molecule has 2 amide bonds. The van der Waals surface area contributed by atoms with Gasteiger partial charge in [0.15, 0.2) is 0 Å². The number of benzene rings is 1. The van der Waals surface area contributed by atoms with Gasteiger partial charge in [0.1, 0.15) is 0 Å². The summed E-state index contributed by atoms with van der Waals surface area (Å²) in [5.74, 6) is -0.913. The average Bonchev–Trinajstić information content (AvgIpc) is 2.31. The van der Waals surface area contributed by atoms with Crippen LogP contribution < -0.4 is 10.6 Å². The maximum Gasteiger partial charge on any atom is 0.319 e. The van der Waals surface area contributed by atoms with Crippen molar-refractivity contribution in [1.29, 1.82) is 0 Å². The number of urea groups is 1. The average molecular weight is 398 g/mol. The lowest BCUT2D eigenvalue weighted by Crippen LogP contribution is -2.45. The van der Waals surface area contributed by atoms with Crippen molar-refractivity contribution in [3.8, 4) is 0 Å². The zero-order chi connectivity index (χ0) is 16.2. The summed E-state index contributed by atoms with van der Waals surface area (Å²) in [6.45, 7) is 3.47. The standard InChI is InChI=1S/C13H15BrCl2N2O3/c1-13(2,4-3-10(19)20)18-12(21)17-11-8(15)5-7(14)6-9(11)16/h5-6H,3-4H2,1-2H3,(H,19,20)(H2,17,18,21). The molecule has 116 valence electrons. The van der Waals surface area contributed by atoms with Crippen LogP contribution in [0.15, 0.2) is 16.6 Å². The zero-order valence-corrected chi connectivity index (χ0v) is 14.6. The summed E-state index contributed by atoms with van der Waals surface area (Å²) in [5, 5.41) is 14.5. The van der Waals surface area contributed by atoms with Gasteiger partial charge in [-0.1, -0.05) is 39.1 Å². The molecular formula is C13H15BrCl2N2O3. The van der Waals surface area contributed by atoms with Gasteiger partial charge in [-0.2, -0.15) is 0 Å². The van der Waals surface area contributed by atoms with E-state index in [1.54, 1.807) is 26.0 Å². The summed E-state index contributed by atoms with van der Waals surface area (Å²) >= 11 is 15.3. The lowest BCUT2D eigenvalue weighted by Gasteiger charge is -2.26. The second kappa shape index (κ2) is 7.33. The van der Waals surface area contributed by atoms with Crippen LogP contribution >= 0.6 is 39.1 Å². The third-order valence-electron chi connectivity index (χ3n) is 2.66. The first kappa shape index (κ1) is 18.1. The Balaban J connectivity index is 2.72. The molecule has 0 aliphatic heterocycles. The van der Waals surface area contributed by atoms with Crippen molar-refractivity contribution in [2.75, 3.05) is 5.32 Å². The molecule has 0 heterocycles. The van der Waals surface area contributed by atoms with Crippen LogP contribution in [-0.2, 0) is 4.79 Å². The van der Waals surface area contributed by atoms with E-state index < -0.39 is 17.5 Å². The summed E-state index contributed by atoms with van der Waals surface area (Å²) < 4.78 is 0.699. The van der Waals surface area contributed by atoms with E-state index in [2.05, 4.69) is 26.6 Å². The molecule has 0 fully saturated rings. The van der Waals surface area contributed by atoms with Crippen LogP contribution in [0.25, 0.3) is 0 Å². The fraction of sp³-hybridized carbons (Fsp3) is 0.385. The van der Waals surface area contributed by atoms with E-state index in [9.17, 15) is 9.59 Å². The minimum absolute atomic E-state index is 0.0346. The lowest BCUT2D eigenvalue weighted by molar-refractivity contribution is -0.137. The first-order valence-electron chi connectivity index (χ1n) is 6.06. The summed E-state index contributed by atoms with van der Waals surface area (Å²) in [6, 6.07) is 2.72. The highest BCUT2D eigenvalue weighted by Gasteiger charge is 2.22. The lowest BCUT2D eigenvalue weighted by atomic mass is 9.99. The number of carbonyl (C=O) groups excluding carboxylic acids is 1. The van der Waals surface area contributed by atoms with Gasteiger partial charge in [0.2, 0.25) is 0 Å². The third-order valence-corrected chi connectivity index (χ3v) is 3.72. The molecule has 3 N–H and O–H groups in total. The SMILES string of the molecule is CC(C)(CCC(=O)O)NC(=O)Nc1c(Cl)cc(Br)cc1Cl. The molecule has 0 aliphatic carbocycles. The molecule has 0 aliphatic rings. The molecule has 8 heteroatoms. The van der Waals surface area contributed by atoms with Crippen molar-refractivity contribution >= 4 is 56.8 Å². The van der Waals surface area contributed by atoms with Crippen molar-refractivity contribution in [1.82, 2.24) is 5.32 Å². The summed E-state index contributed by atoms with van der Waals surface area (Å²) in [4.78, 5) is 22.5. The second-order valence-electron chi connectivity index (χ2n) is 5.10. The van der Waals surface area contributed by atoms with Crippen LogP contribution in [0.4, 0.5) is 10.5 Å². The van der Waals surface area contributed by atoms with Gasteiger partial charge in [-0.3, -0.25) is 4.79 Å². The monoisotopic (exact) mass is 396 g/mol. The Kier molecular flexibility index (Phi) is 6.31. The van der Waals surface area contributed by atoms with Crippen LogP contribution in [-0.4, -0.2) is 22.6 Å². The fourth-order valence-electron chi connectivity index (χ4n) is 1.60. The molecule has 1 rings (SSSR count). The molecule has 0 aromatic heterocycles. The molecule has 0 atom stereocenters. The highest BCUT2D eigenvalue weighted by atomic mass is 79.9. The Morgan fingerprint density at radius 2 is 1.81 bits per heavy atom. The van der Waals surface area contributed by atoms with Gasteiger partial charge in [0.05, 0.1) is 15.7 Å². The van der Waals surface area contributed by atoms with Gasteiger partial charge in [-0.05, 0) is 32.4 Å². The highest BCUT2D eigenvalue weighted by molar-refractivity contribution is 9.10. The summed E-state index contributed by atoms with van der Waals surface area (Å²) in [7, 11) is 0. The number of aliphatic carboxylic acids is 1. The van der Waals surface area contributed by atoms with E-state index in [0.717, 1.165) is 0 Å². The number of halogens is 3. The predicted octanol–water partition coefficient (Wildman–Crippen LogP) is 4.52. The summed E-state index contributed by atoms with van der Waals surface area (Å²) in [6.07, 6.45) is 0.268. The maximum atomic E-state index is 12.0. The number of nitrogens with one attached hydrogen (secondary N) is 2. The second-order valence-corrected chi connectivity index (χ2v) is 6.83. The van der Waals surface area contributed by atoms with E-state index in [1.807, 2.05) is 0 Å². The fourth-order valence-corrected chi connectivity index (χ4v) is 2.90. The Hall–Kier alpha value is -0.980. The van der Waals surface area contributed by atoms with Crippen LogP contribution in [0.2, 0.25) is 10.0 Å². The van der Waals surface area contributed by atoms with E-state index >= 15 is 0 Å².